The summed E-state index contributed by atoms with van der Waals surface area (Å²) in [6, 6.07) is 5.23. The van der Waals surface area contributed by atoms with Crippen LogP contribution in [0, 0.1) is 0 Å². The van der Waals surface area contributed by atoms with Crippen LogP contribution < -0.4 is 10.5 Å². The Labute approximate surface area is 126 Å². The second-order valence-corrected chi connectivity index (χ2v) is 8.65. The minimum Gasteiger partial charge on any atom is -0.495 e. The zero-order valence-corrected chi connectivity index (χ0v) is 13.1. The summed E-state index contributed by atoms with van der Waals surface area (Å²) < 4.78 is 30.5. The van der Waals surface area contributed by atoms with Crippen LogP contribution in [0.2, 0.25) is 5.02 Å². The van der Waals surface area contributed by atoms with Gasteiger partial charge in [0.05, 0.1) is 28.9 Å². The van der Waals surface area contributed by atoms with E-state index < -0.39 is 9.84 Å². The highest BCUT2D eigenvalue weighted by Crippen LogP contribution is 2.38. The molecule has 8 heteroatoms. The third-order valence-corrected chi connectivity index (χ3v) is 6.97. The highest BCUT2D eigenvalue weighted by molar-refractivity contribution is 8.15. The fraction of sp³-hybridized carbons (Fsp3) is 0.417. The Hall–Kier alpha value is -0.920. The molecule has 0 aromatic heterocycles. The van der Waals surface area contributed by atoms with Gasteiger partial charge in [-0.05, 0) is 23.9 Å². The molecule has 2 atom stereocenters. The molecule has 0 radical (unpaired) electrons. The van der Waals surface area contributed by atoms with Crippen LogP contribution in [-0.4, -0.2) is 48.1 Å². The van der Waals surface area contributed by atoms with Crippen molar-refractivity contribution in [2.24, 2.45) is 5.73 Å². The third kappa shape index (κ3) is 2.27. The second kappa shape index (κ2) is 4.82. The van der Waals surface area contributed by atoms with E-state index in [1.54, 1.807) is 19.2 Å². The minimum absolute atomic E-state index is 0.000812. The van der Waals surface area contributed by atoms with E-state index in [0.717, 1.165) is 5.69 Å². The number of nitrogens with two attached hydrogens (primary N) is 1. The van der Waals surface area contributed by atoms with E-state index in [-0.39, 0.29) is 22.8 Å². The maximum absolute atomic E-state index is 11.8. The number of fused-ring (bicyclic) bond motifs is 1. The van der Waals surface area contributed by atoms with Gasteiger partial charge in [-0.1, -0.05) is 11.6 Å². The van der Waals surface area contributed by atoms with Crippen LogP contribution in [-0.2, 0) is 9.84 Å². The molecule has 2 unspecified atom stereocenters. The summed E-state index contributed by atoms with van der Waals surface area (Å²) in [5.74, 6) is 0.898. The molecule has 2 aliphatic heterocycles. The van der Waals surface area contributed by atoms with Crippen molar-refractivity contribution in [2.75, 3.05) is 18.6 Å². The molecule has 20 heavy (non-hydrogen) atoms. The number of halogens is 1. The first-order chi connectivity index (χ1) is 9.41. The lowest BCUT2D eigenvalue weighted by Gasteiger charge is -2.12. The summed E-state index contributed by atoms with van der Waals surface area (Å²) in [5, 5.41) is 1.10. The molecular formula is C12H14ClN2O3S2+. The van der Waals surface area contributed by atoms with Crippen LogP contribution in [0.5, 0.6) is 5.75 Å². The summed E-state index contributed by atoms with van der Waals surface area (Å²) >= 11 is 7.55. The van der Waals surface area contributed by atoms with Crippen molar-refractivity contribution in [1.29, 1.82) is 0 Å². The molecule has 108 valence electrons. The molecule has 0 bridgehead atoms. The molecule has 2 aliphatic rings. The quantitative estimate of drug-likeness (QED) is 0.824. The monoisotopic (exact) mass is 333 g/mol. The number of hydrogen-bond acceptors (Lipinski definition) is 5. The van der Waals surface area contributed by atoms with E-state index >= 15 is 0 Å². The van der Waals surface area contributed by atoms with Gasteiger partial charge in [0.15, 0.2) is 9.84 Å². The summed E-state index contributed by atoms with van der Waals surface area (Å²) in [7, 11) is -1.43. The fourth-order valence-electron chi connectivity index (χ4n) is 2.65. The van der Waals surface area contributed by atoms with Gasteiger partial charge in [-0.2, -0.15) is 0 Å². The van der Waals surface area contributed by atoms with E-state index in [1.807, 2.05) is 10.6 Å². The number of rotatable bonds is 2. The molecule has 0 spiro atoms. The van der Waals surface area contributed by atoms with Crippen molar-refractivity contribution >= 4 is 44.1 Å². The Morgan fingerprint density at radius 1 is 1.45 bits per heavy atom. The molecule has 1 saturated heterocycles. The number of nitrogens with zero attached hydrogens (tertiary/aromatic N) is 1. The lowest BCUT2D eigenvalue weighted by atomic mass is 10.2. The van der Waals surface area contributed by atoms with Crippen molar-refractivity contribution in [2.45, 2.75) is 11.3 Å². The maximum atomic E-state index is 11.8. The fourth-order valence-corrected chi connectivity index (χ4v) is 6.72. The van der Waals surface area contributed by atoms with Crippen LogP contribution in [0.3, 0.4) is 0 Å². The SMILES string of the molecule is COc1ccc([N+]2=C(N)SC3CS(=O)(=O)CC32)cc1Cl. The highest BCUT2D eigenvalue weighted by atomic mass is 35.5. The number of hydrogen-bond donors (Lipinski definition) is 1. The lowest BCUT2D eigenvalue weighted by molar-refractivity contribution is -0.470. The molecule has 2 heterocycles. The molecule has 1 aromatic rings. The highest BCUT2D eigenvalue weighted by Gasteiger charge is 2.49. The summed E-state index contributed by atoms with van der Waals surface area (Å²) in [6.45, 7) is 0. The molecule has 3 rings (SSSR count). The Kier molecular flexibility index (Phi) is 3.38. The Morgan fingerprint density at radius 3 is 2.85 bits per heavy atom. The van der Waals surface area contributed by atoms with Crippen LogP contribution in [0.25, 0.3) is 0 Å². The number of amidine groups is 1. The Morgan fingerprint density at radius 2 is 2.20 bits per heavy atom. The minimum atomic E-state index is -2.98. The topological polar surface area (TPSA) is 72.4 Å². The van der Waals surface area contributed by atoms with Gasteiger partial charge in [0.25, 0.3) is 0 Å². The van der Waals surface area contributed by atoms with Crippen LogP contribution in [0.15, 0.2) is 18.2 Å². The van der Waals surface area contributed by atoms with Gasteiger partial charge >= 0.3 is 5.17 Å². The number of thioether (sulfide) groups is 1. The number of ether oxygens (including phenoxy) is 1. The van der Waals surface area contributed by atoms with Crippen molar-refractivity contribution in [3.05, 3.63) is 23.2 Å². The van der Waals surface area contributed by atoms with Crippen LogP contribution >= 0.6 is 23.4 Å². The van der Waals surface area contributed by atoms with Gasteiger partial charge < -0.3 is 4.74 Å². The Bertz CT molecular complexity index is 703. The Balaban J connectivity index is 2.01. The molecule has 0 saturated carbocycles. The van der Waals surface area contributed by atoms with E-state index in [2.05, 4.69) is 0 Å². The van der Waals surface area contributed by atoms with E-state index in [4.69, 9.17) is 22.1 Å². The van der Waals surface area contributed by atoms with Gasteiger partial charge in [-0.3, -0.25) is 5.73 Å². The van der Waals surface area contributed by atoms with E-state index in [9.17, 15) is 8.42 Å². The smallest absolute Gasteiger partial charge is 0.310 e. The van der Waals surface area contributed by atoms with Gasteiger partial charge in [-0.15, -0.1) is 0 Å². The normalized spacial score (nSPS) is 27.7. The molecule has 2 N–H and O–H groups in total. The third-order valence-electron chi connectivity index (χ3n) is 3.53. The van der Waals surface area contributed by atoms with Gasteiger partial charge in [0.1, 0.15) is 17.5 Å². The predicted octanol–water partition coefficient (Wildman–Crippen LogP) is 1.22. The molecule has 1 aromatic carbocycles. The van der Waals surface area contributed by atoms with E-state index in [0.29, 0.717) is 15.9 Å². The molecule has 5 nitrogen and oxygen atoms in total. The molecular weight excluding hydrogens is 320 g/mol. The van der Waals surface area contributed by atoms with Gasteiger partial charge in [0.2, 0.25) is 0 Å². The predicted molar refractivity (Wildman–Crippen MR) is 80.9 cm³/mol. The zero-order valence-electron chi connectivity index (χ0n) is 10.7. The number of sulfone groups is 1. The van der Waals surface area contributed by atoms with Crippen molar-refractivity contribution in [3.63, 3.8) is 0 Å². The average Bonchev–Trinajstić information content (AvgIpc) is 2.79. The summed E-state index contributed by atoms with van der Waals surface area (Å²) in [6.07, 6.45) is 0. The maximum Gasteiger partial charge on any atom is 0.310 e. The van der Waals surface area contributed by atoms with Crippen molar-refractivity contribution in [3.8, 4) is 5.75 Å². The first kappa shape index (κ1) is 14.0. The van der Waals surface area contributed by atoms with Crippen molar-refractivity contribution < 1.29 is 17.7 Å². The molecule has 0 aliphatic carbocycles. The largest absolute Gasteiger partial charge is 0.495 e. The average molecular weight is 334 g/mol. The summed E-state index contributed by atoms with van der Waals surface area (Å²) in [4.78, 5) is 0. The zero-order chi connectivity index (χ0) is 14.5. The van der Waals surface area contributed by atoms with E-state index in [1.165, 1.54) is 11.8 Å². The van der Waals surface area contributed by atoms with Crippen LogP contribution in [0.1, 0.15) is 0 Å². The number of benzene rings is 1. The van der Waals surface area contributed by atoms with Crippen LogP contribution in [0.4, 0.5) is 5.69 Å². The lowest BCUT2D eigenvalue weighted by Crippen LogP contribution is -2.29. The van der Waals surface area contributed by atoms with Crippen molar-refractivity contribution in [1.82, 2.24) is 0 Å². The molecule has 0 amide bonds. The standard InChI is InChI=1S/C12H13ClN2O3S2/c1-18-10-3-2-7(4-8(10)13)15-9-5-20(16,17)6-11(9)19-12(15)14/h2-4,9,11,14H,5-6H2,1H3/p+1. The number of methoxy groups -OCH3 is 1. The first-order valence-electron chi connectivity index (χ1n) is 6.03. The summed E-state index contributed by atoms with van der Waals surface area (Å²) in [5.41, 5.74) is 6.84. The van der Waals surface area contributed by atoms with Gasteiger partial charge in [0, 0.05) is 6.07 Å². The second-order valence-electron chi connectivity index (χ2n) is 4.83. The first-order valence-corrected chi connectivity index (χ1v) is 9.11. The van der Waals surface area contributed by atoms with Gasteiger partial charge in [-0.25, -0.2) is 13.0 Å². The molecule has 1 fully saturated rings.